The maximum absolute atomic E-state index is 14.2. The number of nitrogens with two attached hydrogens (primary N) is 2. The first-order chi connectivity index (χ1) is 14.4. The summed E-state index contributed by atoms with van der Waals surface area (Å²) in [7, 11) is 0. The van der Waals surface area contributed by atoms with Crippen LogP contribution in [-0.2, 0) is 6.18 Å². The Balaban J connectivity index is 2.15. The Morgan fingerprint density at radius 2 is 1.06 bits per heavy atom. The molecule has 164 valence electrons. The highest BCUT2D eigenvalue weighted by Crippen LogP contribution is 2.47. The Kier molecular flexibility index (Phi) is 5.57. The molecule has 3 aromatic rings. The summed E-state index contributed by atoms with van der Waals surface area (Å²) in [5.74, 6) is -11.5. The minimum atomic E-state index is -5.35. The van der Waals surface area contributed by atoms with Crippen molar-refractivity contribution in [2.45, 2.75) is 6.18 Å². The summed E-state index contributed by atoms with van der Waals surface area (Å²) < 4.78 is 119. The first-order valence-corrected chi connectivity index (χ1v) is 8.13. The van der Waals surface area contributed by atoms with Crippen molar-refractivity contribution >= 4 is 11.4 Å². The summed E-state index contributed by atoms with van der Waals surface area (Å²) in [6.45, 7) is 0. The van der Waals surface area contributed by atoms with Gasteiger partial charge in [0.2, 0.25) is 0 Å². The predicted molar refractivity (Wildman–Crippen MR) is 93.1 cm³/mol. The van der Waals surface area contributed by atoms with Crippen LogP contribution in [0.1, 0.15) is 5.56 Å². The van der Waals surface area contributed by atoms with Gasteiger partial charge in [0.05, 0.1) is 11.4 Å². The maximum Gasteiger partial charge on any atom is 0.423 e. The van der Waals surface area contributed by atoms with Gasteiger partial charge in [-0.3, -0.25) is 0 Å². The second kappa shape index (κ2) is 7.85. The van der Waals surface area contributed by atoms with Crippen molar-refractivity contribution in [1.29, 1.82) is 0 Å². The Bertz CT molecular complexity index is 1160. The summed E-state index contributed by atoms with van der Waals surface area (Å²) in [5.41, 5.74) is 7.28. The molecule has 0 aliphatic rings. The van der Waals surface area contributed by atoms with E-state index in [0.717, 1.165) is 0 Å². The van der Waals surface area contributed by atoms with Gasteiger partial charge < -0.3 is 20.9 Å². The van der Waals surface area contributed by atoms with Crippen molar-refractivity contribution in [1.82, 2.24) is 0 Å². The van der Waals surface area contributed by atoms with Gasteiger partial charge in [-0.1, -0.05) is 0 Å². The zero-order chi connectivity index (χ0) is 23.1. The monoisotopic (exact) mass is 450 g/mol. The zero-order valence-corrected chi connectivity index (χ0v) is 15.0. The minimum absolute atomic E-state index is 0.229. The molecular formula is C19H10F8N2O2. The number of nitrogen functional groups attached to an aromatic ring is 2. The molecule has 12 heteroatoms. The molecule has 4 nitrogen and oxygen atoms in total. The van der Waals surface area contributed by atoms with E-state index in [0.29, 0.717) is 24.3 Å². The van der Waals surface area contributed by atoms with Gasteiger partial charge in [0.25, 0.3) is 0 Å². The van der Waals surface area contributed by atoms with Gasteiger partial charge in [0.15, 0.2) is 34.7 Å². The van der Waals surface area contributed by atoms with Crippen LogP contribution in [0.2, 0.25) is 0 Å². The van der Waals surface area contributed by atoms with E-state index in [1.165, 1.54) is 0 Å². The summed E-state index contributed by atoms with van der Waals surface area (Å²) in [4.78, 5) is 0. The molecule has 0 radical (unpaired) electrons. The maximum atomic E-state index is 14.2. The average molecular weight is 450 g/mol. The van der Waals surface area contributed by atoms with Crippen LogP contribution < -0.4 is 20.9 Å². The van der Waals surface area contributed by atoms with Crippen molar-refractivity contribution in [3.63, 3.8) is 0 Å². The topological polar surface area (TPSA) is 70.5 Å². The summed E-state index contributed by atoms with van der Waals surface area (Å²) in [5, 5.41) is 0. The fourth-order valence-corrected chi connectivity index (χ4v) is 2.47. The molecule has 0 spiro atoms. The lowest BCUT2D eigenvalue weighted by Gasteiger charge is -2.19. The third kappa shape index (κ3) is 4.42. The fraction of sp³-hybridized carbons (Fsp3) is 0.0526. The fourth-order valence-electron chi connectivity index (χ4n) is 2.47. The van der Waals surface area contributed by atoms with E-state index in [1.807, 2.05) is 0 Å². The summed E-state index contributed by atoms with van der Waals surface area (Å²) in [6.07, 6.45) is -5.35. The number of halogens is 8. The molecule has 0 fully saturated rings. The molecule has 0 atom stereocenters. The largest absolute Gasteiger partial charge is 0.453 e. The van der Waals surface area contributed by atoms with Gasteiger partial charge in [-0.05, 0) is 12.1 Å². The van der Waals surface area contributed by atoms with Gasteiger partial charge >= 0.3 is 6.18 Å². The molecule has 4 N–H and O–H groups in total. The van der Waals surface area contributed by atoms with E-state index < -0.39 is 75.2 Å². The summed E-state index contributed by atoms with van der Waals surface area (Å²) >= 11 is 0. The van der Waals surface area contributed by atoms with Gasteiger partial charge in [-0.25, -0.2) is 22.0 Å². The van der Waals surface area contributed by atoms with Gasteiger partial charge in [0, 0.05) is 24.3 Å². The van der Waals surface area contributed by atoms with Crippen LogP contribution in [0.4, 0.5) is 46.5 Å². The van der Waals surface area contributed by atoms with Crippen LogP contribution in [-0.4, -0.2) is 0 Å². The van der Waals surface area contributed by atoms with E-state index in [-0.39, 0.29) is 12.1 Å². The molecule has 0 heterocycles. The molecule has 0 aliphatic carbocycles. The normalized spacial score (nSPS) is 11.5. The summed E-state index contributed by atoms with van der Waals surface area (Å²) in [6, 6.07) is 2.56. The van der Waals surface area contributed by atoms with Gasteiger partial charge in [0.1, 0.15) is 22.9 Å². The van der Waals surface area contributed by atoms with Gasteiger partial charge in [-0.15, -0.1) is 0 Å². The van der Waals surface area contributed by atoms with Crippen LogP contribution >= 0.6 is 0 Å². The number of hydrogen-bond donors (Lipinski definition) is 2. The highest BCUT2D eigenvalue weighted by Gasteiger charge is 2.41. The third-order valence-electron chi connectivity index (χ3n) is 3.89. The first kappa shape index (κ1) is 22.0. The van der Waals surface area contributed by atoms with Gasteiger partial charge in [-0.2, -0.15) is 13.2 Å². The van der Waals surface area contributed by atoms with E-state index in [9.17, 15) is 35.1 Å². The SMILES string of the molecule is Nc1cc(Oc2ccc(F)c(Oc3cc(N)c(F)cc3F)c2C(F)(F)F)c(F)cc1F. The number of benzene rings is 3. The molecule has 0 aliphatic heterocycles. The molecule has 31 heavy (non-hydrogen) atoms. The standard InChI is InChI=1S/C19H10F8N2O2/c20-7-1-2-14(30-15-5-12(28)8(21)3-10(15)23)17(19(25,26)27)18(7)31-16-6-13(29)9(22)4-11(16)24/h1-6H,28-29H2. The Hall–Kier alpha value is -3.70. The molecule has 0 aromatic heterocycles. The first-order valence-electron chi connectivity index (χ1n) is 8.13. The van der Waals surface area contributed by atoms with Crippen LogP contribution in [0, 0.1) is 29.1 Å². The lowest BCUT2D eigenvalue weighted by atomic mass is 10.1. The second-order valence-corrected chi connectivity index (χ2v) is 6.06. The van der Waals surface area contributed by atoms with Crippen LogP contribution in [0.15, 0.2) is 36.4 Å². The van der Waals surface area contributed by atoms with Crippen molar-refractivity contribution in [2.75, 3.05) is 11.5 Å². The number of anilines is 2. The number of alkyl halides is 3. The minimum Gasteiger partial charge on any atom is -0.453 e. The lowest BCUT2D eigenvalue weighted by molar-refractivity contribution is -0.139. The number of rotatable bonds is 4. The molecule has 3 rings (SSSR count). The zero-order valence-electron chi connectivity index (χ0n) is 15.0. The smallest absolute Gasteiger partial charge is 0.423 e. The van der Waals surface area contributed by atoms with E-state index in [4.69, 9.17) is 20.9 Å². The average Bonchev–Trinajstić information content (AvgIpc) is 2.65. The van der Waals surface area contributed by atoms with E-state index in [2.05, 4.69) is 0 Å². The quantitative estimate of drug-likeness (QED) is 0.370. The molecule has 0 saturated heterocycles. The van der Waals surface area contributed by atoms with E-state index in [1.54, 1.807) is 0 Å². The molecule has 0 unspecified atom stereocenters. The lowest BCUT2D eigenvalue weighted by Crippen LogP contribution is -2.11. The van der Waals surface area contributed by atoms with Crippen molar-refractivity contribution in [3.8, 4) is 23.0 Å². The van der Waals surface area contributed by atoms with Crippen LogP contribution in [0.5, 0.6) is 23.0 Å². The molecule has 0 amide bonds. The second-order valence-electron chi connectivity index (χ2n) is 6.06. The number of ether oxygens (including phenoxy) is 2. The molecular weight excluding hydrogens is 440 g/mol. The Morgan fingerprint density at radius 3 is 1.55 bits per heavy atom. The highest BCUT2D eigenvalue weighted by atomic mass is 19.4. The van der Waals surface area contributed by atoms with Crippen molar-refractivity contribution < 1.29 is 44.6 Å². The van der Waals surface area contributed by atoms with Crippen molar-refractivity contribution in [2.24, 2.45) is 0 Å². The predicted octanol–water partition coefficient (Wildman–Crippen LogP) is 6.15. The Morgan fingerprint density at radius 1 is 0.581 bits per heavy atom. The van der Waals surface area contributed by atoms with Crippen molar-refractivity contribution in [3.05, 3.63) is 71.0 Å². The third-order valence-corrected chi connectivity index (χ3v) is 3.89. The van der Waals surface area contributed by atoms with E-state index >= 15 is 0 Å². The Labute approximate surface area is 168 Å². The number of hydrogen-bond acceptors (Lipinski definition) is 4. The molecule has 0 bridgehead atoms. The molecule has 0 saturated carbocycles. The highest BCUT2D eigenvalue weighted by molar-refractivity contribution is 5.54. The molecule has 3 aromatic carbocycles. The van der Waals surface area contributed by atoms with Crippen LogP contribution in [0.25, 0.3) is 0 Å². The van der Waals surface area contributed by atoms with Crippen LogP contribution in [0.3, 0.4) is 0 Å².